The summed E-state index contributed by atoms with van der Waals surface area (Å²) in [6.07, 6.45) is 0.465. The molecule has 0 bridgehead atoms. The van der Waals surface area contributed by atoms with Crippen molar-refractivity contribution >= 4 is 23.0 Å². The van der Waals surface area contributed by atoms with Crippen LogP contribution in [0.25, 0.3) is 0 Å². The lowest BCUT2D eigenvalue weighted by atomic mass is 10.0. The van der Waals surface area contributed by atoms with Crippen LogP contribution < -0.4 is 11.1 Å². The van der Waals surface area contributed by atoms with E-state index in [1.165, 1.54) is 12.1 Å². The van der Waals surface area contributed by atoms with E-state index < -0.39 is 11.4 Å². The fourth-order valence-corrected chi connectivity index (χ4v) is 1.58. The number of nitrogen functional groups attached to an aromatic ring is 1. The number of ether oxygens (including phenoxy) is 1. The van der Waals surface area contributed by atoms with Crippen molar-refractivity contribution < 1.29 is 14.2 Å². The van der Waals surface area contributed by atoms with Crippen molar-refractivity contribution in [3.8, 4) is 0 Å². The Morgan fingerprint density at radius 2 is 2.22 bits per heavy atom. The molecule has 6 heteroatoms. The van der Waals surface area contributed by atoms with Crippen molar-refractivity contribution in [2.45, 2.75) is 18.9 Å². The Hall–Kier alpha value is -1.04. The molecule has 0 aliphatic carbocycles. The first kappa shape index (κ1) is 15.0. The maximum absolute atomic E-state index is 13.3. The molecule has 0 saturated heterocycles. The Morgan fingerprint density at radius 1 is 1.56 bits per heavy atom. The number of rotatable bonds is 6. The average Bonchev–Trinajstić information content (AvgIpc) is 2.30. The zero-order valence-electron chi connectivity index (χ0n) is 10.5. The molecule has 0 aliphatic rings. The maximum atomic E-state index is 13.3. The minimum Gasteiger partial charge on any atom is -0.397 e. The molecule has 4 N–H and O–H groups in total. The van der Waals surface area contributed by atoms with Crippen LogP contribution in [0, 0.1) is 5.82 Å². The maximum Gasteiger partial charge on any atom is 0.143 e. The molecule has 1 aromatic rings. The molecule has 0 fully saturated rings. The Morgan fingerprint density at radius 3 is 2.83 bits per heavy atom. The van der Waals surface area contributed by atoms with Crippen molar-refractivity contribution in [3.05, 3.63) is 23.0 Å². The quantitative estimate of drug-likeness (QED) is 0.697. The monoisotopic (exact) mass is 276 g/mol. The lowest BCUT2D eigenvalue weighted by Gasteiger charge is -2.24. The molecule has 1 unspecified atom stereocenters. The van der Waals surface area contributed by atoms with Gasteiger partial charge in [0.15, 0.2) is 0 Å². The van der Waals surface area contributed by atoms with Crippen molar-refractivity contribution in [2.75, 3.05) is 31.3 Å². The van der Waals surface area contributed by atoms with Gasteiger partial charge in [-0.2, -0.15) is 0 Å². The van der Waals surface area contributed by atoms with Gasteiger partial charge in [-0.3, -0.25) is 0 Å². The predicted octanol–water partition coefficient (Wildman–Crippen LogP) is 2.26. The van der Waals surface area contributed by atoms with Crippen LogP contribution in [-0.4, -0.2) is 31.0 Å². The molecule has 0 aliphatic heterocycles. The lowest BCUT2D eigenvalue weighted by molar-refractivity contribution is 0.0357. The van der Waals surface area contributed by atoms with E-state index in [2.05, 4.69) is 5.32 Å². The highest BCUT2D eigenvalue weighted by atomic mass is 35.5. The minimum absolute atomic E-state index is 0.0239. The van der Waals surface area contributed by atoms with Crippen LogP contribution in [0.2, 0.25) is 5.02 Å². The second-order valence-corrected chi connectivity index (χ2v) is 4.85. The number of benzene rings is 1. The van der Waals surface area contributed by atoms with Gasteiger partial charge >= 0.3 is 0 Å². The van der Waals surface area contributed by atoms with Crippen LogP contribution in [0.15, 0.2) is 12.1 Å². The molecule has 0 saturated carbocycles. The van der Waals surface area contributed by atoms with E-state index in [0.717, 1.165) is 0 Å². The molecule has 0 radical (unpaired) electrons. The highest BCUT2D eigenvalue weighted by Gasteiger charge is 2.20. The summed E-state index contributed by atoms with van der Waals surface area (Å²) in [5, 5.41) is 12.9. The zero-order valence-corrected chi connectivity index (χ0v) is 11.2. The molecule has 1 aromatic carbocycles. The summed E-state index contributed by atoms with van der Waals surface area (Å²) in [4.78, 5) is 0. The van der Waals surface area contributed by atoms with E-state index in [0.29, 0.717) is 24.4 Å². The smallest absolute Gasteiger partial charge is 0.143 e. The van der Waals surface area contributed by atoms with Gasteiger partial charge in [0.1, 0.15) is 5.82 Å². The summed E-state index contributed by atoms with van der Waals surface area (Å²) < 4.78 is 18.2. The number of nitrogens with two attached hydrogens (primary N) is 1. The Labute approximate surface area is 111 Å². The fourth-order valence-electron chi connectivity index (χ4n) is 1.41. The molecule has 1 rings (SSSR count). The number of anilines is 2. The topological polar surface area (TPSA) is 67.5 Å². The van der Waals surface area contributed by atoms with Crippen molar-refractivity contribution in [3.63, 3.8) is 0 Å². The molecule has 0 amide bonds. The first-order chi connectivity index (χ1) is 8.35. The molecule has 1 atom stereocenters. The second-order valence-electron chi connectivity index (χ2n) is 4.45. The van der Waals surface area contributed by atoms with Gasteiger partial charge < -0.3 is 20.9 Å². The van der Waals surface area contributed by atoms with Crippen molar-refractivity contribution in [1.82, 2.24) is 0 Å². The van der Waals surface area contributed by atoms with Crippen LogP contribution >= 0.6 is 11.6 Å². The van der Waals surface area contributed by atoms with E-state index in [1.54, 1.807) is 14.0 Å². The van der Waals surface area contributed by atoms with Crippen LogP contribution in [0.3, 0.4) is 0 Å². The van der Waals surface area contributed by atoms with Gasteiger partial charge in [-0.15, -0.1) is 0 Å². The molecule has 0 aromatic heterocycles. The highest BCUT2D eigenvalue weighted by Crippen LogP contribution is 2.26. The highest BCUT2D eigenvalue weighted by molar-refractivity contribution is 6.31. The second kappa shape index (κ2) is 6.22. The Bertz CT molecular complexity index is 413. The average molecular weight is 277 g/mol. The number of hydrogen-bond donors (Lipinski definition) is 3. The number of aliphatic hydroxyl groups is 1. The number of halogens is 2. The van der Waals surface area contributed by atoms with Crippen molar-refractivity contribution in [2.24, 2.45) is 0 Å². The van der Waals surface area contributed by atoms with Crippen molar-refractivity contribution in [1.29, 1.82) is 0 Å². The SMILES string of the molecule is COCCC(C)(O)CNc1cc(F)c(Cl)cc1N. The van der Waals surface area contributed by atoms with E-state index in [1.807, 2.05) is 0 Å². The molecule has 0 spiro atoms. The van der Waals surface area contributed by atoms with Gasteiger partial charge in [0.25, 0.3) is 0 Å². The Balaban J connectivity index is 2.66. The summed E-state index contributed by atoms with van der Waals surface area (Å²) in [5.41, 5.74) is 5.49. The minimum atomic E-state index is -0.960. The van der Waals surface area contributed by atoms with Gasteiger partial charge in [-0.25, -0.2) is 4.39 Å². The normalized spacial score (nSPS) is 14.3. The number of methoxy groups -OCH3 is 1. The van der Waals surface area contributed by atoms with Crippen LogP contribution in [0.5, 0.6) is 0 Å². The first-order valence-corrected chi connectivity index (χ1v) is 5.93. The summed E-state index contributed by atoms with van der Waals surface area (Å²) in [6.45, 7) is 2.35. The zero-order chi connectivity index (χ0) is 13.8. The van der Waals surface area contributed by atoms with Gasteiger partial charge in [-0.05, 0) is 13.0 Å². The largest absolute Gasteiger partial charge is 0.397 e. The third-order valence-corrected chi connectivity index (χ3v) is 2.89. The molecular weight excluding hydrogens is 259 g/mol. The fraction of sp³-hybridized carbons (Fsp3) is 0.500. The number of hydrogen-bond acceptors (Lipinski definition) is 4. The summed E-state index contributed by atoms with van der Waals surface area (Å²) in [6, 6.07) is 2.55. The molecule has 102 valence electrons. The predicted molar refractivity (Wildman–Crippen MR) is 71.4 cm³/mol. The summed E-state index contributed by atoms with van der Waals surface area (Å²) in [5.74, 6) is -0.551. The number of nitrogens with one attached hydrogen (secondary N) is 1. The first-order valence-electron chi connectivity index (χ1n) is 5.55. The lowest BCUT2D eigenvalue weighted by Crippen LogP contribution is -2.34. The third kappa shape index (κ3) is 4.33. The molecule has 0 heterocycles. The van der Waals surface area contributed by atoms with E-state index in [4.69, 9.17) is 22.1 Å². The Kier molecular flexibility index (Phi) is 5.19. The molecule has 18 heavy (non-hydrogen) atoms. The van der Waals surface area contributed by atoms with Crippen LogP contribution in [0.1, 0.15) is 13.3 Å². The van der Waals surface area contributed by atoms with E-state index in [9.17, 15) is 9.50 Å². The van der Waals surface area contributed by atoms with Gasteiger partial charge in [0, 0.05) is 32.7 Å². The molecular formula is C12H18ClFN2O2. The summed E-state index contributed by atoms with van der Waals surface area (Å²) >= 11 is 5.60. The summed E-state index contributed by atoms with van der Waals surface area (Å²) in [7, 11) is 1.57. The van der Waals surface area contributed by atoms with Crippen LogP contribution in [0.4, 0.5) is 15.8 Å². The third-order valence-electron chi connectivity index (χ3n) is 2.60. The standard InChI is InChI=1S/C12H18ClFN2O2/c1-12(17,3-4-18-2)7-16-11-6-9(14)8(13)5-10(11)15/h5-6,16-17H,3-4,7,15H2,1-2H3. The molecule has 4 nitrogen and oxygen atoms in total. The van der Waals surface area contributed by atoms with Gasteiger partial charge in [-0.1, -0.05) is 11.6 Å². The van der Waals surface area contributed by atoms with Gasteiger partial charge in [0.05, 0.1) is 22.0 Å². The van der Waals surface area contributed by atoms with Crippen LogP contribution in [-0.2, 0) is 4.74 Å². The van der Waals surface area contributed by atoms with E-state index >= 15 is 0 Å². The van der Waals surface area contributed by atoms with E-state index in [-0.39, 0.29) is 11.6 Å². The van der Waals surface area contributed by atoms with Gasteiger partial charge in [0.2, 0.25) is 0 Å².